The van der Waals surface area contributed by atoms with Gasteiger partial charge in [-0.05, 0) is 55.3 Å². The molecule has 0 unspecified atom stereocenters. The third-order valence-corrected chi connectivity index (χ3v) is 5.39. The van der Waals surface area contributed by atoms with Crippen molar-refractivity contribution in [3.63, 3.8) is 0 Å². The van der Waals surface area contributed by atoms with E-state index in [-0.39, 0.29) is 29.0 Å². The van der Waals surface area contributed by atoms with Gasteiger partial charge in [0.05, 0.1) is 23.3 Å². The van der Waals surface area contributed by atoms with E-state index in [1.54, 1.807) is 53.2 Å². The van der Waals surface area contributed by atoms with Gasteiger partial charge in [0.25, 0.3) is 5.91 Å². The minimum absolute atomic E-state index is 0.0907. The van der Waals surface area contributed by atoms with Crippen LogP contribution in [0.4, 0.5) is 0 Å². The topological polar surface area (TPSA) is 95.1 Å². The van der Waals surface area contributed by atoms with E-state index in [0.717, 1.165) is 11.1 Å². The fourth-order valence-corrected chi connectivity index (χ4v) is 3.56. The molecule has 0 atom stereocenters. The number of para-hydroxylation sites is 1. The second kappa shape index (κ2) is 7.99. The van der Waals surface area contributed by atoms with E-state index >= 15 is 0 Å². The molecule has 4 aromatic rings. The Morgan fingerprint density at radius 3 is 2.48 bits per heavy atom. The fraction of sp³-hybridized carbons (Fsp3) is 0.120. The fourth-order valence-electron chi connectivity index (χ4n) is 3.56. The Hall–Kier alpha value is -4.06. The third-order valence-electron chi connectivity index (χ3n) is 5.39. The predicted octanol–water partition coefficient (Wildman–Crippen LogP) is 3.39. The number of carbonyl (C=O) groups excluding carboxylic acids is 2. The maximum Gasteiger partial charge on any atom is 0.267 e. The van der Waals surface area contributed by atoms with E-state index in [9.17, 15) is 14.4 Å². The SMILES string of the molecule is Cc1ccc(C(=O)c2cn(Cc3cccc(C(N)=O)n3)c3ccccc3c2=O)cc1C. The van der Waals surface area contributed by atoms with Crippen molar-refractivity contribution in [2.45, 2.75) is 20.4 Å². The average Bonchev–Trinajstić information content (AvgIpc) is 2.77. The van der Waals surface area contributed by atoms with Gasteiger partial charge < -0.3 is 10.3 Å². The molecule has 6 heteroatoms. The summed E-state index contributed by atoms with van der Waals surface area (Å²) in [6.07, 6.45) is 1.57. The lowest BCUT2D eigenvalue weighted by Crippen LogP contribution is -2.21. The van der Waals surface area contributed by atoms with Crippen molar-refractivity contribution in [1.29, 1.82) is 0 Å². The van der Waals surface area contributed by atoms with Crippen molar-refractivity contribution >= 4 is 22.6 Å². The standard InChI is InChI=1S/C25H21N3O3/c1-15-10-11-17(12-16(15)2)23(29)20-14-28(22-9-4-3-7-19(22)24(20)30)13-18-6-5-8-21(27-18)25(26)31/h3-12,14H,13H2,1-2H3,(H2,26,31). The second-order valence-electron chi connectivity index (χ2n) is 7.52. The highest BCUT2D eigenvalue weighted by Gasteiger charge is 2.18. The van der Waals surface area contributed by atoms with E-state index in [1.807, 2.05) is 32.0 Å². The van der Waals surface area contributed by atoms with Gasteiger partial charge in [0.2, 0.25) is 5.43 Å². The Morgan fingerprint density at radius 1 is 0.968 bits per heavy atom. The van der Waals surface area contributed by atoms with Crippen LogP contribution in [0.1, 0.15) is 43.2 Å². The third kappa shape index (κ3) is 3.88. The Labute approximate surface area is 179 Å². The molecule has 4 rings (SSSR count). The molecule has 0 aliphatic carbocycles. The maximum atomic E-state index is 13.2. The summed E-state index contributed by atoms with van der Waals surface area (Å²) in [7, 11) is 0. The summed E-state index contributed by atoms with van der Waals surface area (Å²) in [6.45, 7) is 4.18. The molecule has 0 saturated heterocycles. The number of fused-ring (bicyclic) bond motifs is 1. The van der Waals surface area contributed by atoms with Gasteiger partial charge >= 0.3 is 0 Å². The van der Waals surface area contributed by atoms with Crippen LogP contribution < -0.4 is 11.2 Å². The van der Waals surface area contributed by atoms with E-state index in [1.165, 1.54) is 0 Å². The Morgan fingerprint density at radius 2 is 1.74 bits per heavy atom. The second-order valence-corrected chi connectivity index (χ2v) is 7.52. The maximum absolute atomic E-state index is 13.2. The zero-order valence-electron chi connectivity index (χ0n) is 17.3. The summed E-state index contributed by atoms with van der Waals surface area (Å²) >= 11 is 0. The van der Waals surface area contributed by atoms with Crippen LogP contribution in [0.5, 0.6) is 0 Å². The molecule has 2 aromatic carbocycles. The van der Waals surface area contributed by atoms with Crippen LogP contribution in [0.15, 0.2) is 71.7 Å². The van der Waals surface area contributed by atoms with E-state index < -0.39 is 5.91 Å². The van der Waals surface area contributed by atoms with Crippen LogP contribution in [-0.2, 0) is 6.54 Å². The lowest BCUT2D eigenvalue weighted by molar-refractivity contribution is 0.0994. The van der Waals surface area contributed by atoms with Gasteiger partial charge in [0.15, 0.2) is 5.78 Å². The first-order valence-corrected chi connectivity index (χ1v) is 9.85. The lowest BCUT2D eigenvalue weighted by Gasteiger charge is -2.14. The highest BCUT2D eigenvalue weighted by molar-refractivity contribution is 6.10. The Bertz CT molecular complexity index is 1400. The lowest BCUT2D eigenvalue weighted by atomic mass is 9.99. The quantitative estimate of drug-likeness (QED) is 0.509. The van der Waals surface area contributed by atoms with Gasteiger partial charge in [-0.3, -0.25) is 14.4 Å². The van der Waals surface area contributed by atoms with Crippen LogP contribution in [0.25, 0.3) is 10.9 Å². The summed E-state index contributed by atoms with van der Waals surface area (Å²) in [5, 5.41) is 0.447. The van der Waals surface area contributed by atoms with Crippen LogP contribution >= 0.6 is 0 Å². The largest absolute Gasteiger partial charge is 0.364 e. The van der Waals surface area contributed by atoms with Crippen molar-refractivity contribution in [3.05, 3.63) is 111 Å². The minimum Gasteiger partial charge on any atom is -0.364 e. The molecular weight excluding hydrogens is 390 g/mol. The van der Waals surface area contributed by atoms with Crippen molar-refractivity contribution in [1.82, 2.24) is 9.55 Å². The van der Waals surface area contributed by atoms with Crippen molar-refractivity contribution in [2.24, 2.45) is 5.73 Å². The molecule has 2 aromatic heterocycles. The van der Waals surface area contributed by atoms with Gasteiger partial charge in [-0.2, -0.15) is 0 Å². The molecule has 31 heavy (non-hydrogen) atoms. The first kappa shape index (κ1) is 20.2. The van der Waals surface area contributed by atoms with Crippen LogP contribution in [0.2, 0.25) is 0 Å². The molecule has 0 aliphatic rings. The molecule has 0 bridgehead atoms. The zero-order chi connectivity index (χ0) is 22.1. The predicted molar refractivity (Wildman–Crippen MR) is 119 cm³/mol. The molecule has 0 aliphatic heterocycles. The first-order chi connectivity index (χ1) is 14.8. The number of carbonyl (C=O) groups is 2. The molecule has 0 fully saturated rings. The van der Waals surface area contributed by atoms with Gasteiger partial charge in [0, 0.05) is 17.1 Å². The molecule has 0 saturated carbocycles. The number of primary amides is 1. The Kier molecular flexibility index (Phi) is 5.21. The number of amides is 1. The summed E-state index contributed by atoms with van der Waals surface area (Å²) in [6, 6.07) is 17.6. The summed E-state index contributed by atoms with van der Waals surface area (Å²) in [5.74, 6) is -0.941. The normalized spacial score (nSPS) is 10.9. The summed E-state index contributed by atoms with van der Waals surface area (Å²) in [5.41, 5.74) is 9.08. The number of nitrogens with two attached hydrogens (primary N) is 1. The number of aryl methyl sites for hydroxylation is 2. The van der Waals surface area contributed by atoms with Gasteiger partial charge in [-0.1, -0.05) is 30.3 Å². The number of nitrogens with zero attached hydrogens (tertiary/aromatic N) is 2. The highest BCUT2D eigenvalue weighted by Crippen LogP contribution is 2.17. The van der Waals surface area contributed by atoms with E-state index in [2.05, 4.69) is 4.98 Å². The molecule has 154 valence electrons. The molecule has 0 radical (unpaired) electrons. The number of aromatic nitrogens is 2. The molecule has 2 heterocycles. The number of ketones is 1. The molecule has 0 spiro atoms. The van der Waals surface area contributed by atoms with Crippen molar-refractivity contribution < 1.29 is 9.59 Å². The number of pyridine rings is 2. The number of benzene rings is 2. The number of hydrogen-bond donors (Lipinski definition) is 1. The Balaban J connectivity index is 1.86. The summed E-state index contributed by atoms with van der Waals surface area (Å²) in [4.78, 5) is 42.1. The highest BCUT2D eigenvalue weighted by atomic mass is 16.1. The molecule has 1 amide bonds. The smallest absolute Gasteiger partial charge is 0.267 e. The van der Waals surface area contributed by atoms with Gasteiger partial charge in [-0.15, -0.1) is 0 Å². The zero-order valence-corrected chi connectivity index (χ0v) is 17.3. The van der Waals surface area contributed by atoms with E-state index in [0.29, 0.717) is 22.2 Å². The van der Waals surface area contributed by atoms with Crippen molar-refractivity contribution in [2.75, 3.05) is 0 Å². The number of rotatable bonds is 5. The van der Waals surface area contributed by atoms with Crippen LogP contribution in [0, 0.1) is 13.8 Å². The van der Waals surface area contributed by atoms with Crippen molar-refractivity contribution in [3.8, 4) is 0 Å². The average molecular weight is 411 g/mol. The summed E-state index contributed by atoms with van der Waals surface area (Å²) < 4.78 is 1.80. The van der Waals surface area contributed by atoms with Gasteiger partial charge in [-0.25, -0.2) is 4.98 Å². The van der Waals surface area contributed by atoms with E-state index in [4.69, 9.17) is 5.73 Å². The first-order valence-electron chi connectivity index (χ1n) is 9.85. The van der Waals surface area contributed by atoms with Crippen LogP contribution in [0.3, 0.4) is 0 Å². The molecule has 6 nitrogen and oxygen atoms in total. The molecular formula is C25H21N3O3. The van der Waals surface area contributed by atoms with Gasteiger partial charge in [0.1, 0.15) is 5.69 Å². The molecule has 2 N–H and O–H groups in total. The monoisotopic (exact) mass is 411 g/mol. The van der Waals surface area contributed by atoms with Crippen LogP contribution in [-0.4, -0.2) is 21.2 Å². The minimum atomic E-state index is -0.614. The number of hydrogen-bond acceptors (Lipinski definition) is 4.